The van der Waals surface area contributed by atoms with E-state index >= 15 is 0 Å². The summed E-state index contributed by atoms with van der Waals surface area (Å²) in [6.07, 6.45) is 3.24. The van der Waals surface area contributed by atoms with E-state index < -0.39 is 0 Å². The van der Waals surface area contributed by atoms with Crippen LogP contribution in [0.1, 0.15) is 29.8 Å². The third kappa shape index (κ3) is 5.43. The number of nitrogens with one attached hydrogen (secondary N) is 3. The Morgan fingerprint density at radius 3 is 2.30 bits per heavy atom. The van der Waals surface area contributed by atoms with E-state index in [1.165, 1.54) is 0 Å². The highest BCUT2D eigenvalue weighted by Gasteiger charge is 2.06. The monoisotopic (exact) mass is 312 g/mol. The number of rotatable bonds is 5. The molecular weight excluding hydrogens is 292 g/mol. The lowest BCUT2D eigenvalue weighted by Crippen LogP contribution is -2.39. The lowest BCUT2D eigenvalue weighted by Gasteiger charge is -2.10. The number of amides is 3. The van der Waals surface area contributed by atoms with Gasteiger partial charge in [0.1, 0.15) is 0 Å². The van der Waals surface area contributed by atoms with Crippen LogP contribution in [0.5, 0.6) is 0 Å². The highest BCUT2D eigenvalue weighted by atomic mass is 16.2. The summed E-state index contributed by atoms with van der Waals surface area (Å²) >= 11 is 0. The fraction of sp³-hybridized carbons (Fsp3) is 0.235. The fourth-order valence-electron chi connectivity index (χ4n) is 1.91. The number of hydrogen-bond donors (Lipinski definition) is 3. The average Bonchev–Trinajstić information content (AvgIpc) is 2.54. The zero-order valence-electron chi connectivity index (χ0n) is 13.2. The lowest BCUT2D eigenvalue weighted by atomic mass is 10.1. The highest BCUT2D eigenvalue weighted by Crippen LogP contribution is 2.09. The second kappa shape index (κ2) is 7.93. The number of pyridine rings is 1. The third-order valence-corrected chi connectivity index (χ3v) is 3.03. The van der Waals surface area contributed by atoms with E-state index in [2.05, 4.69) is 20.9 Å². The van der Waals surface area contributed by atoms with E-state index in [1.807, 2.05) is 26.0 Å². The molecule has 0 aliphatic rings. The molecule has 3 N–H and O–H groups in total. The Balaban J connectivity index is 1.89. The van der Waals surface area contributed by atoms with Crippen LogP contribution in [-0.4, -0.2) is 23.0 Å². The van der Waals surface area contributed by atoms with Gasteiger partial charge in [-0.15, -0.1) is 0 Å². The minimum absolute atomic E-state index is 0.0919. The van der Waals surface area contributed by atoms with E-state index in [0.29, 0.717) is 17.8 Å². The molecule has 120 valence electrons. The molecule has 23 heavy (non-hydrogen) atoms. The van der Waals surface area contributed by atoms with Crippen LogP contribution in [-0.2, 0) is 6.54 Å². The number of carbonyl (C=O) groups is 2. The molecule has 0 aliphatic heterocycles. The Morgan fingerprint density at radius 1 is 1.04 bits per heavy atom. The molecule has 0 bridgehead atoms. The minimum atomic E-state index is -0.209. The Morgan fingerprint density at radius 2 is 1.70 bits per heavy atom. The lowest BCUT2D eigenvalue weighted by molar-refractivity contribution is 0.102. The molecule has 6 nitrogen and oxygen atoms in total. The van der Waals surface area contributed by atoms with Crippen LogP contribution in [0.25, 0.3) is 0 Å². The van der Waals surface area contributed by atoms with Gasteiger partial charge >= 0.3 is 6.03 Å². The molecule has 0 atom stereocenters. The quantitative estimate of drug-likeness (QED) is 0.793. The summed E-state index contributed by atoms with van der Waals surface area (Å²) in [5, 5.41) is 8.30. The predicted octanol–water partition coefficient (Wildman–Crippen LogP) is 2.54. The van der Waals surface area contributed by atoms with E-state index in [1.54, 1.807) is 36.7 Å². The predicted molar refractivity (Wildman–Crippen MR) is 89.1 cm³/mol. The normalized spacial score (nSPS) is 10.2. The molecule has 2 aromatic rings. The van der Waals surface area contributed by atoms with Gasteiger partial charge in [-0.3, -0.25) is 9.78 Å². The molecule has 0 saturated heterocycles. The molecule has 1 aromatic carbocycles. The first kappa shape index (κ1) is 16.5. The van der Waals surface area contributed by atoms with Crippen LogP contribution in [0.2, 0.25) is 0 Å². The Hall–Kier alpha value is -2.89. The number of urea groups is 1. The van der Waals surface area contributed by atoms with Crippen molar-refractivity contribution in [2.45, 2.75) is 26.4 Å². The van der Waals surface area contributed by atoms with Crippen molar-refractivity contribution in [2.24, 2.45) is 0 Å². The minimum Gasteiger partial charge on any atom is -0.336 e. The number of hydrogen-bond acceptors (Lipinski definition) is 3. The first-order chi connectivity index (χ1) is 11.0. The molecule has 0 aliphatic carbocycles. The molecule has 2 rings (SSSR count). The first-order valence-corrected chi connectivity index (χ1v) is 7.39. The molecule has 6 heteroatoms. The molecule has 1 heterocycles. The smallest absolute Gasteiger partial charge is 0.315 e. The van der Waals surface area contributed by atoms with Crippen molar-refractivity contribution >= 4 is 17.6 Å². The van der Waals surface area contributed by atoms with E-state index in [-0.39, 0.29) is 18.0 Å². The summed E-state index contributed by atoms with van der Waals surface area (Å²) in [6, 6.07) is 10.4. The molecule has 0 unspecified atom stereocenters. The van der Waals surface area contributed by atoms with Crippen molar-refractivity contribution < 1.29 is 9.59 Å². The van der Waals surface area contributed by atoms with Gasteiger partial charge in [-0.05, 0) is 43.7 Å². The summed E-state index contributed by atoms with van der Waals surface area (Å²) < 4.78 is 0. The topological polar surface area (TPSA) is 83.1 Å². The van der Waals surface area contributed by atoms with Crippen LogP contribution >= 0.6 is 0 Å². The second-order valence-corrected chi connectivity index (χ2v) is 5.37. The van der Waals surface area contributed by atoms with Crippen molar-refractivity contribution in [2.75, 3.05) is 5.32 Å². The largest absolute Gasteiger partial charge is 0.336 e. The van der Waals surface area contributed by atoms with Crippen LogP contribution in [0.4, 0.5) is 10.5 Å². The average molecular weight is 312 g/mol. The number of benzene rings is 1. The first-order valence-electron chi connectivity index (χ1n) is 7.39. The van der Waals surface area contributed by atoms with Gasteiger partial charge in [-0.2, -0.15) is 0 Å². The van der Waals surface area contributed by atoms with Crippen molar-refractivity contribution in [1.29, 1.82) is 0 Å². The number of carbonyl (C=O) groups excluding carboxylic acids is 2. The van der Waals surface area contributed by atoms with Crippen molar-refractivity contribution in [3.05, 3.63) is 59.9 Å². The summed E-state index contributed by atoms with van der Waals surface area (Å²) in [5.74, 6) is -0.187. The summed E-state index contributed by atoms with van der Waals surface area (Å²) in [7, 11) is 0. The van der Waals surface area contributed by atoms with Crippen molar-refractivity contribution in [1.82, 2.24) is 15.6 Å². The molecule has 0 spiro atoms. The van der Waals surface area contributed by atoms with Crippen molar-refractivity contribution in [3.63, 3.8) is 0 Å². The molecule has 1 aromatic heterocycles. The summed E-state index contributed by atoms with van der Waals surface area (Å²) in [5.41, 5.74) is 2.17. The van der Waals surface area contributed by atoms with Gasteiger partial charge in [0.2, 0.25) is 0 Å². The Kier molecular flexibility index (Phi) is 5.68. The van der Waals surface area contributed by atoms with Crippen molar-refractivity contribution in [3.8, 4) is 0 Å². The van der Waals surface area contributed by atoms with Crippen LogP contribution in [0.3, 0.4) is 0 Å². The summed E-state index contributed by atoms with van der Waals surface area (Å²) in [4.78, 5) is 27.5. The van der Waals surface area contributed by atoms with Gasteiger partial charge in [0, 0.05) is 36.2 Å². The maximum Gasteiger partial charge on any atom is 0.315 e. The van der Waals surface area contributed by atoms with Gasteiger partial charge in [-0.1, -0.05) is 12.1 Å². The summed E-state index contributed by atoms with van der Waals surface area (Å²) in [6.45, 7) is 4.20. The zero-order valence-corrected chi connectivity index (χ0v) is 13.2. The Bertz CT molecular complexity index is 654. The Labute approximate surface area is 135 Å². The maximum absolute atomic E-state index is 12.1. The van der Waals surface area contributed by atoms with Gasteiger partial charge in [0.05, 0.1) is 0 Å². The number of nitrogens with zero attached hydrogens (tertiary/aromatic N) is 1. The fourth-order valence-corrected chi connectivity index (χ4v) is 1.91. The van der Waals surface area contributed by atoms with Crippen LogP contribution in [0, 0.1) is 0 Å². The second-order valence-electron chi connectivity index (χ2n) is 5.37. The third-order valence-electron chi connectivity index (χ3n) is 3.03. The SMILES string of the molecule is CC(C)NC(=O)NCc1ccc(C(=O)Nc2ccncc2)cc1. The zero-order chi connectivity index (χ0) is 16.7. The van der Waals surface area contributed by atoms with E-state index in [4.69, 9.17) is 0 Å². The van der Waals surface area contributed by atoms with E-state index in [9.17, 15) is 9.59 Å². The molecule has 0 fully saturated rings. The van der Waals surface area contributed by atoms with Gasteiger partial charge in [0.25, 0.3) is 5.91 Å². The van der Waals surface area contributed by atoms with Crippen LogP contribution < -0.4 is 16.0 Å². The number of aromatic nitrogens is 1. The highest BCUT2D eigenvalue weighted by molar-refractivity contribution is 6.04. The maximum atomic E-state index is 12.1. The van der Waals surface area contributed by atoms with E-state index in [0.717, 1.165) is 5.56 Å². The van der Waals surface area contributed by atoms with Gasteiger partial charge in [0.15, 0.2) is 0 Å². The molecular formula is C17H20N4O2. The molecule has 0 saturated carbocycles. The van der Waals surface area contributed by atoms with Gasteiger partial charge in [-0.25, -0.2) is 4.79 Å². The standard InChI is InChI=1S/C17H20N4O2/c1-12(2)20-17(23)19-11-13-3-5-14(6-4-13)16(22)21-15-7-9-18-10-8-15/h3-10,12H,11H2,1-2H3,(H,18,21,22)(H2,19,20,23). The molecule has 3 amide bonds. The van der Waals surface area contributed by atoms with Crippen LogP contribution in [0.15, 0.2) is 48.8 Å². The number of anilines is 1. The van der Waals surface area contributed by atoms with Gasteiger partial charge < -0.3 is 16.0 Å². The molecule has 0 radical (unpaired) electrons.